The lowest BCUT2D eigenvalue weighted by Crippen LogP contribution is -2.36. The fraction of sp³-hybridized carbons (Fsp3) is 0.438. The third kappa shape index (κ3) is 2.97. The first-order chi connectivity index (χ1) is 10.7. The van der Waals surface area contributed by atoms with Crippen LogP contribution in [0.1, 0.15) is 23.0 Å². The minimum Gasteiger partial charge on any atom is -0.460 e. The van der Waals surface area contributed by atoms with Crippen molar-refractivity contribution in [3.05, 3.63) is 34.5 Å². The number of hydrogen-bond donors (Lipinski definition) is 0. The van der Waals surface area contributed by atoms with E-state index < -0.39 is 5.97 Å². The molecule has 5 nitrogen and oxygen atoms in total. The number of morpholine rings is 1. The van der Waals surface area contributed by atoms with Crippen molar-refractivity contribution in [1.29, 1.82) is 0 Å². The molecular weight excluding hydrogens is 306 g/mol. The number of carbonyl (C=O) groups excluding carboxylic acids is 1. The van der Waals surface area contributed by atoms with Crippen LogP contribution in [-0.4, -0.2) is 43.8 Å². The van der Waals surface area contributed by atoms with E-state index in [9.17, 15) is 4.79 Å². The maximum atomic E-state index is 12.2. The second-order valence-electron chi connectivity index (χ2n) is 5.14. The van der Waals surface area contributed by atoms with Gasteiger partial charge in [0.1, 0.15) is 0 Å². The average molecular weight is 324 g/mol. The van der Waals surface area contributed by atoms with E-state index in [0.717, 1.165) is 24.0 Å². The van der Waals surface area contributed by atoms with Gasteiger partial charge in [0.2, 0.25) is 5.76 Å². The van der Waals surface area contributed by atoms with Gasteiger partial charge < -0.3 is 13.9 Å². The zero-order chi connectivity index (χ0) is 15.5. The van der Waals surface area contributed by atoms with Gasteiger partial charge in [-0.05, 0) is 13.0 Å². The Morgan fingerprint density at radius 1 is 1.36 bits per heavy atom. The molecule has 0 unspecified atom stereocenters. The van der Waals surface area contributed by atoms with Gasteiger partial charge in [-0.15, -0.1) is 0 Å². The van der Waals surface area contributed by atoms with Crippen molar-refractivity contribution >= 4 is 28.5 Å². The largest absolute Gasteiger partial charge is 0.460 e. The van der Waals surface area contributed by atoms with Crippen molar-refractivity contribution < 1.29 is 18.7 Å². The van der Waals surface area contributed by atoms with Crippen molar-refractivity contribution in [3.63, 3.8) is 0 Å². The summed E-state index contributed by atoms with van der Waals surface area (Å²) in [5.74, 6) is -0.200. The van der Waals surface area contributed by atoms with Crippen LogP contribution < -0.4 is 0 Å². The molecule has 0 bridgehead atoms. The Hall–Kier alpha value is -1.56. The molecule has 0 spiro atoms. The molecule has 0 radical (unpaired) electrons. The number of carbonyl (C=O) groups is 1. The van der Waals surface area contributed by atoms with Crippen LogP contribution in [0.3, 0.4) is 0 Å². The summed E-state index contributed by atoms with van der Waals surface area (Å²) in [4.78, 5) is 14.4. The highest BCUT2D eigenvalue weighted by Crippen LogP contribution is 2.32. The van der Waals surface area contributed by atoms with Crippen LogP contribution in [0.5, 0.6) is 0 Å². The van der Waals surface area contributed by atoms with E-state index in [1.165, 1.54) is 0 Å². The number of halogens is 1. The first-order valence-electron chi connectivity index (χ1n) is 7.37. The SMILES string of the molecule is CCOC(=O)c1oc2c(Cl)cccc2c1CN1CCOCC1. The summed E-state index contributed by atoms with van der Waals surface area (Å²) >= 11 is 6.19. The topological polar surface area (TPSA) is 51.9 Å². The Morgan fingerprint density at radius 2 is 2.14 bits per heavy atom. The predicted molar refractivity (Wildman–Crippen MR) is 83.3 cm³/mol. The second-order valence-corrected chi connectivity index (χ2v) is 5.54. The molecule has 1 fully saturated rings. The summed E-state index contributed by atoms with van der Waals surface area (Å²) < 4.78 is 16.2. The molecule has 0 saturated carbocycles. The van der Waals surface area contributed by atoms with Crippen molar-refractivity contribution in [1.82, 2.24) is 4.90 Å². The van der Waals surface area contributed by atoms with Crippen molar-refractivity contribution in [2.24, 2.45) is 0 Å². The van der Waals surface area contributed by atoms with Crippen molar-refractivity contribution in [3.8, 4) is 0 Å². The van der Waals surface area contributed by atoms with Crippen LogP contribution in [0.4, 0.5) is 0 Å². The Kier molecular flexibility index (Phi) is 4.66. The minimum absolute atomic E-state index is 0.247. The fourth-order valence-electron chi connectivity index (χ4n) is 2.64. The van der Waals surface area contributed by atoms with E-state index in [0.29, 0.717) is 37.0 Å². The Balaban J connectivity index is 2.01. The van der Waals surface area contributed by atoms with Gasteiger partial charge in [0.05, 0.1) is 24.8 Å². The number of nitrogens with zero attached hydrogens (tertiary/aromatic N) is 1. The highest BCUT2D eigenvalue weighted by atomic mass is 35.5. The molecule has 0 amide bonds. The summed E-state index contributed by atoms with van der Waals surface area (Å²) in [6, 6.07) is 5.53. The van der Waals surface area contributed by atoms with E-state index in [4.69, 9.17) is 25.5 Å². The monoisotopic (exact) mass is 323 g/mol. The van der Waals surface area contributed by atoms with Gasteiger partial charge in [-0.2, -0.15) is 0 Å². The van der Waals surface area contributed by atoms with Gasteiger partial charge in [-0.25, -0.2) is 4.79 Å². The van der Waals surface area contributed by atoms with E-state index >= 15 is 0 Å². The molecule has 1 aromatic heterocycles. The second kappa shape index (κ2) is 6.69. The van der Waals surface area contributed by atoms with Crippen LogP contribution in [-0.2, 0) is 16.0 Å². The molecule has 1 aromatic carbocycles. The highest BCUT2D eigenvalue weighted by molar-refractivity contribution is 6.35. The Labute approximate surface area is 133 Å². The number of benzene rings is 1. The van der Waals surface area contributed by atoms with Crippen LogP contribution in [0.2, 0.25) is 5.02 Å². The summed E-state index contributed by atoms with van der Waals surface area (Å²) in [6.45, 7) is 5.75. The lowest BCUT2D eigenvalue weighted by Gasteiger charge is -2.26. The number of fused-ring (bicyclic) bond motifs is 1. The van der Waals surface area contributed by atoms with Gasteiger partial charge in [0.25, 0.3) is 0 Å². The smallest absolute Gasteiger partial charge is 0.374 e. The number of esters is 1. The molecule has 22 heavy (non-hydrogen) atoms. The number of ether oxygens (including phenoxy) is 2. The molecule has 118 valence electrons. The van der Waals surface area contributed by atoms with Crippen LogP contribution in [0.25, 0.3) is 11.0 Å². The molecule has 3 rings (SSSR count). The maximum Gasteiger partial charge on any atom is 0.374 e. The van der Waals surface area contributed by atoms with Crippen LogP contribution in [0, 0.1) is 0 Å². The van der Waals surface area contributed by atoms with Gasteiger partial charge in [0.15, 0.2) is 5.58 Å². The predicted octanol–water partition coefficient (Wildman–Crippen LogP) is 3.10. The molecular formula is C16H18ClNO4. The summed E-state index contributed by atoms with van der Waals surface area (Å²) in [5, 5.41) is 1.36. The summed E-state index contributed by atoms with van der Waals surface area (Å²) in [5.41, 5.74) is 1.37. The van der Waals surface area contributed by atoms with E-state index in [1.807, 2.05) is 12.1 Å². The number of furan rings is 1. The molecule has 2 aromatic rings. The fourth-order valence-corrected chi connectivity index (χ4v) is 2.85. The number of hydrogen-bond acceptors (Lipinski definition) is 5. The molecule has 2 heterocycles. The van der Waals surface area contributed by atoms with Gasteiger partial charge >= 0.3 is 5.97 Å². The first kappa shape index (κ1) is 15.3. The van der Waals surface area contributed by atoms with Crippen molar-refractivity contribution in [2.75, 3.05) is 32.9 Å². The third-order valence-electron chi connectivity index (χ3n) is 3.72. The zero-order valence-corrected chi connectivity index (χ0v) is 13.2. The van der Waals surface area contributed by atoms with Crippen LogP contribution >= 0.6 is 11.6 Å². The quantitative estimate of drug-likeness (QED) is 0.809. The number of rotatable bonds is 4. The molecule has 6 heteroatoms. The Bertz CT molecular complexity index is 676. The van der Waals surface area contributed by atoms with Crippen LogP contribution in [0.15, 0.2) is 22.6 Å². The average Bonchev–Trinajstić information content (AvgIpc) is 2.89. The normalized spacial score (nSPS) is 16.1. The van der Waals surface area contributed by atoms with Gasteiger partial charge in [-0.1, -0.05) is 23.7 Å². The standard InChI is InChI=1S/C16H18ClNO4/c1-2-21-16(19)15-12(10-18-6-8-20-9-7-18)11-4-3-5-13(17)14(11)22-15/h3-5H,2,6-10H2,1H3. The molecule has 1 aliphatic rings. The molecule has 0 atom stereocenters. The van der Waals surface area contributed by atoms with Crippen molar-refractivity contribution in [2.45, 2.75) is 13.5 Å². The summed E-state index contributed by atoms with van der Waals surface area (Å²) in [6.07, 6.45) is 0. The molecule has 0 N–H and O–H groups in total. The van der Waals surface area contributed by atoms with Gasteiger partial charge in [0, 0.05) is 30.6 Å². The molecule has 1 aliphatic heterocycles. The lowest BCUT2D eigenvalue weighted by molar-refractivity contribution is 0.0334. The highest BCUT2D eigenvalue weighted by Gasteiger charge is 2.25. The first-order valence-corrected chi connectivity index (χ1v) is 7.75. The van der Waals surface area contributed by atoms with Gasteiger partial charge in [-0.3, -0.25) is 4.90 Å². The summed E-state index contributed by atoms with van der Waals surface area (Å²) in [7, 11) is 0. The molecule has 1 saturated heterocycles. The van der Waals surface area contributed by atoms with E-state index in [-0.39, 0.29) is 5.76 Å². The minimum atomic E-state index is -0.446. The van der Waals surface area contributed by atoms with E-state index in [1.54, 1.807) is 13.0 Å². The Morgan fingerprint density at radius 3 is 2.86 bits per heavy atom. The molecule has 0 aliphatic carbocycles. The third-order valence-corrected chi connectivity index (χ3v) is 4.01. The lowest BCUT2D eigenvalue weighted by atomic mass is 10.1. The zero-order valence-electron chi connectivity index (χ0n) is 12.4. The van der Waals surface area contributed by atoms with E-state index in [2.05, 4.69) is 4.90 Å². The maximum absolute atomic E-state index is 12.2. The number of para-hydroxylation sites is 1.